The molecule has 0 spiro atoms. The SMILES string of the molecule is CC1CC(C(=O)O)CN(C(=O)NCCCNc2ccccn2)C1. The quantitative estimate of drug-likeness (QED) is 0.693. The van der Waals surface area contributed by atoms with Crippen LogP contribution in [0.3, 0.4) is 0 Å². The molecule has 2 rings (SSSR count). The highest BCUT2D eigenvalue weighted by Crippen LogP contribution is 2.21. The molecular formula is C16H24N4O3. The summed E-state index contributed by atoms with van der Waals surface area (Å²) in [5.74, 6) is -0.265. The van der Waals surface area contributed by atoms with Crippen LogP contribution < -0.4 is 10.6 Å². The number of carbonyl (C=O) groups is 2. The molecular weight excluding hydrogens is 296 g/mol. The maximum atomic E-state index is 12.1. The normalized spacial score (nSPS) is 20.8. The standard InChI is InChI=1S/C16H24N4O3/c1-12-9-13(15(21)22)11-20(10-12)16(23)19-8-4-7-18-14-5-2-3-6-17-14/h2-3,5-6,12-13H,4,7-11H2,1H3,(H,17,18)(H,19,23)(H,21,22). The van der Waals surface area contributed by atoms with Crippen LogP contribution in [0.2, 0.25) is 0 Å². The molecule has 1 fully saturated rings. The number of carboxylic acids is 1. The Morgan fingerprint density at radius 3 is 2.87 bits per heavy atom. The van der Waals surface area contributed by atoms with E-state index >= 15 is 0 Å². The van der Waals surface area contributed by atoms with Crippen LogP contribution in [-0.4, -0.2) is 53.2 Å². The molecule has 2 amide bonds. The fraction of sp³-hybridized carbons (Fsp3) is 0.562. The van der Waals surface area contributed by atoms with Gasteiger partial charge in [0.2, 0.25) is 0 Å². The van der Waals surface area contributed by atoms with Gasteiger partial charge in [-0.15, -0.1) is 0 Å². The molecule has 2 unspecified atom stereocenters. The maximum Gasteiger partial charge on any atom is 0.317 e. The Morgan fingerprint density at radius 2 is 2.17 bits per heavy atom. The summed E-state index contributed by atoms with van der Waals surface area (Å²) >= 11 is 0. The van der Waals surface area contributed by atoms with Gasteiger partial charge in [0.25, 0.3) is 0 Å². The van der Waals surface area contributed by atoms with Crippen LogP contribution in [0.4, 0.5) is 10.6 Å². The number of anilines is 1. The van der Waals surface area contributed by atoms with E-state index in [4.69, 9.17) is 5.11 Å². The Hall–Kier alpha value is -2.31. The lowest BCUT2D eigenvalue weighted by atomic mass is 9.91. The molecule has 0 aliphatic carbocycles. The molecule has 1 aliphatic rings. The smallest absolute Gasteiger partial charge is 0.317 e. The molecule has 0 aromatic carbocycles. The summed E-state index contributed by atoms with van der Waals surface area (Å²) in [6.07, 6.45) is 3.13. The molecule has 0 bridgehead atoms. The summed E-state index contributed by atoms with van der Waals surface area (Å²) in [5.41, 5.74) is 0. The van der Waals surface area contributed by atoms with Gasteiger partial charge < -0.3 is 20.6 Å². The molecule has 1 aromatic heterocycles. The number of carboxylic acid groups (broad SMARTS) is 1. The second-order valence-electron chi connectivity index (χ2n) is 6.01. The zero-order chi connectivity index (χ0) is 16.7. The molecule has 2 heterocycles. The number of carbonyl (C=O) groups excluding carboxylic acids is 1. The minimum Gasteiger partial charge on any atom is -0.481 e. The Labute approximate surface area is 136 Å². The van der Waals surface area contributed by atoms with Crippen LogP contribution in [0.1, 0.15) is 19.8 Å². The largest absolute Gasteiger partial charge is 0.481 e. The number of nitrogens with one attached hydrogen (secondary N) is 2. The van der Waals surface area contributed by atoms with Gasteiger partial charge in [-0.2, -0.15) is 0 Å². The van der Waals surface area contributed by atoms with Crippen molar-refractivity contribution >= 4 is 17.8 Å². The Morgan fingerprint density at radius 1 is 1.35 bits per heavy atom. The molecule has 7 nitrogen and oxygen atoms in total. The lowest BCUT2D eigenvalue weighted by molar-refractivity contribution is -0.143. The lowest BCUT2D eigenvalue weighted by Gasteiger charge is -2.34. The molecule has 1 aliphatic heterocycles. The number of pyridine rings is 1. The average molecular weight is 320 g/mol. The van der Waals surface area contributed by atoms with Gasteiger partial charge in [0.15, 0.2) is 0 Å². The highest BCUT2D eigenvalue weighted by atomic mass is 16.4. The molecule has 0 radical (unpaired) electrons. The van der Waals surface area contributed by atoms with E-state index in [1.807, 2.05) is 25.1 Å². The molecule has 7 heteroatoms. The topological polar surface area (TPSA) is 94.6 Å². The number of likely N-dealkylation sites (tertiary alicyclic amines) is 1. The van der Waals surface area contributed by atoms with Crippen molar-refractivity contribution in [2.45, 2.75) is 19.8 Å². The molecule has 2 atom stereocenters. The number of aromatic nitrogens is 1. The van der Waals surface area contributed by atoms with Crippen LogP contribution >= 0.6 is 0 Å². The van der Waals surface area contributed by atoms with Crippen LogP contribution in [0.25, 0.3) is 0 Å². The fourth-order valence-electron chi connectivity index (χ4n) is 2.78. The number of piperidine rings is 1. The van der Waals surface area contributed by atoms with Gasteiger partial charge in [0.1, 0.15) is 5.82 Å². The summed E-state index contributed by atoms with van der Waals surface area (Å²) in [4.78, 5) is 29.0. The molecule has 126 valence electrons. The highest BCUT2D eigenvalue weighted by molar-refractivity contribution is 5.76. The summed E-state index contributed by atoms with van der Waals surface area (Å²) in [5, 5.41) is 15.2. The predicted octanol–water partition coefficient (Wildman–Crippen LogP) is 1.64. The van der Waals surface area contributed by atoms with Crippen LogP contribution in [0.5, 0.6) is 0 Å². The van der Waals surface area contributed by atoms with E-state index in [-0.39, 0.29) is 18.5 Å². The maximum absolute atomic E-state index is 12.1. The van der Waals surface area contributed by atoms with Crippen molar-refractivity contribution in [2.24, 2.45) is 11.8 Å². The van der Waals surface area contributed by atoms with E-state index in [0.717, 1.165) is 12.2 Å². The van der Waals surface area contributed by atoms with Crippen molar-refractivity contribution in [1.82, 2.24) is 15.2 Å². The van der Waals surface area contributed by atoms with E-state index in [1.54, 1.807) is 11.1 Å². The van der Waals surface area contributed by atoms with Gasteiger partial charge >= 0.3 is 12.0 Å². The van der Waals surface area contributed by atoms with Gasteiger partial charge in [-0.1, -0.05) is 13.0 Å². The van der Waals surface area contributed by atoms with E-state index in [2.05, 4.69) is 15.6 Å². The Kier molecular flexibility index (Phi) is 6.19. The van der Waals surface area contributed by atoms with E-state index in [0.29, 0.717) is 26.1 Å². The average Bonchev–Trinajstić information content (AvgIpc) is 2.54. The minimum atomic E-state index is -0.825. The van der Waals surface area contributed by atoms with Crippen molar-refractivity contribution in [1.29, 1.82) is 0 Å². The number of urea groups is 1. The monoisotopic (exact) mass is 320 g/mol. The van der Waals surface area contributed by atoms with Crippen LogP contribution in [0.15, 0.2) is 24.4 Å². The van der Waals surface area contributed by atoms with Crippen molar-refractivity contribution in [3.63, 3.8) is 0 Å². The minimum absolute atomic E-state index is 0.180. The van der Waals surface area contributed by atoms with Gasteiger partial charge in [-0.05, 0) is 30.9 Å². The predicted molar refractivity (Wildman–Crippen MR) is 87.2 cm³/mol. The number of aliphatic carboxylic acids is 1. The van der Waals surface area contributed by atoms with E-state index in [9.17, 15) is 9.59 Å². The number of nitrogens with zero attached hydrogens (tertiary/aromatic N) is 2. The second kappa shape index (κ2) is 8.36. The van der Waals surface area contributed by atoms with Gasteiger partial charge in [-0.3, -0.25) is 4.79 Å². The molecule has 23 heavy (non-hydrogen) atoms. The fourth-order valence-corrected chi connectivity index (χ4v) is 2.78. The Balaban J connectivity index is 1.67. The lowest BCUT2D eigenvalue weighted by Crippen LogP contribution is -2.49. The van der Waals surface area contributed by atoms with E-state index in [1.165, 1.54) is 0 Å². The van der Waals surface area contributed by atoms with Crippen LogP contribution in [-0.2, 0) is 4.79 Å². The second-order valence-corrected chi connectivity index (χ2v) is 6.01. The summed E-state index contributed by atoms with van der Waals surface area (Å²) in [7, 11) is 0. The van der Waals surface area contributed by atoms with Gasteiger partial charge in [0, 0.05) is 32.4 Å². The third-order valence-electron chi connectivity index (χ3n) is 3.90. The zero-order valence-corrected chi connectivity index (χ0v) is 13.4. The first-order valence-corrected chi connectivity index (χ1v) is 7.96. The van der Waals surface area contributed by atoms with Crippen LogP contribution in [0, 0.1) is 11.8 Å². The van der Waals surface area contributed by atoms with Crippen molar-refractivity contribution in [3.8, 4) is 0 Å². The molecule has 0 saturated carbocycles. The number of amides is 2. The first-order chi connectivity index (χ1) is 11.1. The third-order valence-corrected chi connectivity index (χ3v) is 3.90. The van der Waals surface area contributed by atoms with Crippen molar-refractivity contribution in [3.05, 3.63) is 24.4 Å². The van der Waals surface area contributed by atoms with Gasteiger partial charge in [-0.25, -0.2) is 9.78 Å². The first kappa shape index (κ1) is 17.1. The van der Waals surface area contributed by atoms with Crippen molar-refractivity contribution in [2.75, 3.05) is 31.5 Å². The van der Waals surface area contributed by atoms with E-state index < -0.39 is 11.9 Å². The summed E-state index contributed by atoms with van der Waals surface area (Å²) in [6, 6.07) is 5.48. The molecule has 3 N–H and O–H groups in total. The van der Waals surface area contributed by atoms with Crippen molar-refractivity contribution < 1.29 is 14.7 Å². The van der Waals surface area contributed by atoms with Gasteiger partial charge in [0.05, 0.1) is 5.92 Å². The first-order valence-electron chi connectivity index (χ1n) is 7.96. The number of hydrogen-bond donors (Lipinski definition) is 3. The summed E-state index contributed by atoms with van der Waals surface area (Å²) in [6.45, 7) is 4.14. The number of rotatable bonds is 6. The summed E-state index contributed by atoms with van der Waals surface area (Å²) < 4.78 is 0. The Bertz CT molecular complexity index is 523. The molecule has 1 aromatic rings. The zero-order valence-electron chi connectivity index (χ0n) is 13.4. The highest BCUT2D eigenvalue weighted by Gasteiger charge is 2.31. The number of hydrogen-bond acceptors (Lipinski definition) is 4. The third kappa shape index (κ3) is 5.43. The molecule has 1 saturated heterocycles.